The number of hydrogen-bond acceptors (Lipinski definition) is 5. The van der Waals surface area contributed by atoms with E-state index in [1.807, 2.05) is 0 Å². The first kappa shape index (κ1) is 12.7. The Morgan fingerprint density at radius 2 is 2.18 bits per heavy atom. The molecule has 0 amide bonds. The Hall–Kier alpha value is -2.37. The molecule has 0 saturated heterocycles. The van der Waals surface area contributed by atoms with Crippen LogP contribution in [-0.4, -0.2) is 22.6 Å². The summed E-state index contributed by atoms with van der Waals surface area (Å²) in [5, 5.41) is 19.8. The maximum atomic E-state index is 11.5. The average molecular weight is 237 g/mol. The second-order valence-corrected chi connectivity index (χ2v) is 3.04. The van der Waals surface area contributed by atoms with Crippen LogP contribution in [0.2, 0.25) is 0 Å². The summed E-state index contributed by atoms with van der Waals surface area (Å²) in [5.74, 6) is -0.802. The minimum atomic E-state index is -0.802. The molecule has 0 saturated carbocycles. The van der Waals surface area contributed by atoms with Crippen LogP contribution in [0.3, 0.4) is 0 Å². The topological polar surface area (TPSA) is 89.7 Å². The number of carbonyl (C=O) groups excluding carboxylic acids is 1. The van der Waals surface area contributed by atoms with E-state index < -0.39 is 10.9 Å². The molecule has 0 aliphatic carbocycles. The number of nitro groups is 1. The minimum Gasteiger partial charge on any atom is -0.515 e. The number of para-hydroxylation sites is 1. The van der Waals surface area contributed by atoms with Crippen molar-refractivity contribution in [3.05, 3.63) is 46.2 Å². The van der Waals surface area contributed by atoms with E-state index in [0.717, 1.165) is 0 Å². The van der Waals surface area contributed by atoms with Gasteiger partial charge in [0.15, 0.2) is 0 Å². The number of nitro benzene ring substituents is 1. The summed E-state index contributed by atoms with van der Waals surface area (Å²) >= 11 is 0. The van der Waals surface area contributed by atoms with Crippen molar-refractivity contribution in [2.24, 2.45) is 0 Å². The van der Waals surface area contributed by atoms with E-state index in [1.165, 1.54) is 24.3 Å². The van der Waals surface area contributed by atoms with Gasteiger partial charge in [0.1, 0.15) is 5.57 Å². The van der Waals surface area contributed by atoms with Gasteiger partial charge in [-0.2, -0.15) is 0 Å². The Morgan fingerprint density at radius 3 is 2.71 bits per heavy atom. The zero-order chi connectivity index (χ0) is 12.8. The summed E-state index contributed by atoms with van der Waals surface area (Å²) in [6, 6.07) is 5.63. The summed E-state index contributed by atoms with van der Waals surface area (Å²) in [6.07, 6.45) is 0.514. The largest absolute Gasteiger partial charge is 0.515 e. The van der Waals surface area contributed by atoms with Crippen LogP contribution < -0.4 is 0 Å². The molecule has 0 aliphatic rings. The fourth-order valence-electron chi connectivity index (χ4n) is 1.30. The van der Waals surface area contributed by atoms with Gasteiger partial charge in [-0.25, -0.2) is 4.79 Å². The summed E-state index contributed by atoms with van der Waals surface area (Å²) in [4.78, 5) is 21.6. The number of nitrogens with zero attached hydrogens (tertiary/aromatic N) is 1. The van der Waals surface area contributed by atoms with E-state index in [9.17, 15) is 14.9 Å². The molecule has 0 aliphatic heterocycles. The molecule has 0 heterocycles. The first-order valence-corrected chi connectivity index (χ1v) is 4.87. The van der Waals surface area contributed by atoms with E-state index >= 15 is 0 Å². The molecule has 1 aromatic carbocycles. The molecule has 0 aromatic heterocycles. The Balaban J connectivity index is 3.22. The van der Waals surface area contributed by atoms with Crippen LogP contribution in [0.4, 0.5) is 5.69 Å². The second-order valence-electron chi connectivity index (χ2n) is 3.04. The molecule has 6 heteroatoms. The molecule has 90 valence electrons. The van der Waals surface area contributed by atoms with E-state index in [-0.39, 0.29) is 23.4 Å². The number of carbonyl (C=O) groups is 1. The third kappa shape index (κ3) is 2.81. The van der Waals surface area contributed by atoms with Gasteiger partial charge in [0.05, 0.1) is 23.4 Å². The zero-order valence-electron chi connectivity index (χ0n) is 9.12. The van der Waals surface area contributed by atoms with Gasteiger partial charge in [0, 0.05) is 6.07 Å². The van der Waals surface area contributed by atoms with Crippen molar-refractivity contribution in [1.82, 2.24) is 0 Å². The van der Waals surface area contributed by atoms with Crippen LogP contribution in [0, 0.1) is 10.1 Å². The summed E-state index contributed by atoms with van der Waals surface area (Å²) in [6.45, 7) is 1.73. The number of aliphatic hydroxyl groups excluding tert-OH is 1. The third-order valence-corrected chi connectivity index (χ3v) is 2.02. The van der Waals surface area contributed by atoms with Crippen LogP contribution in [0.25, 0.3) is 5.57 Å². The summed E-state index contributed by atoms with van der Waals surface area (Å²) in [7, 11) is 0. The van der Waals surface area contributed by atoms with Crippen LogP contribution in [0.15, 0.2) is 30.5 Å². The molecule has 0 unspecified atom stereocenters. The first-order chi connectivity index (χ1) is 8.11. The van der Waals surface area contributed by atoms with Crippen LogP contribution in [-0.2, 0) is 9.53 Å². The van der Waals surface area contributed by atoms with E-state index in [0.29, 0.717) is 6.26 Å². The van der Waals surface area contributed by atoms with E-state index in [2.05, 4.69) is 0 Å². The molecule has 1 rings (SSSR count). The van der Waals surface area contributed by atoms with Gasteiger partial charge in [0.2, 0.25) is 0 Å². The summed E-state index contributed by atoms with van der Waals surface area (Å²) < 4.78 is 4.69. The van der Waals surface area contributed by atoms with Crippen molar-refractivity contribution >= 4 is 17.2 Å². The van der Waals surface area contributed by atoms with Crippen LogP contribution >= 0.6 is 0 Å². The Kier molecular flexibility index (Phi) is 4.21. The lowest BCUT2D eigenvalue weighted by atomic mass is 10.1. The predicted molar refractivity (Wildman–Crippen MR) is 60.3 cm³/mol. The van der Waals surface area contributed by atoms with Crippen molar-refractivity contribution in [2.75, 3.05) is 6.61 Å². The average Bonchev–Trinajstić information content (AvgIpc) is 2.31. The normalized spacial score (nSPS) is 11.0. The van der Waals surface area contributed by atoms with Crippen molar-refractivity contribution in [2.45, 2.75) is 6.92 Å². The van der Waals surface area contributed by atoms with Crippen molar-refractivity contribution < 1.29 is 19.6 Å². The van der Waals surface area contributed by atoms with Gasteiger partial charge < -0.3 is 9.84 Å². The quantitative estimate of drug-likeness (QED) is 0.284. The molecular formula is C11H11NO5. The van der Waals surface area contributed by atoms with Crippen molar-refractivity contribution in [3.63, 3.8) is 0 Å². The molecule has 0 bridgehead atoms. The van der Waals surface area contributed by atoms with Crippen molar-refractivity contribution in [1.29, 1.82) is 0 Å². The lowest BCUT2D eigenvalue weighted by molar-refractivity contribution is -0.385. The molecule has 0 atom stereocenters. The van der Waals surface area contributed by atoms with Gasteiger partial charge in [-0.05, 0) is 13.0 Å². The highest BCUT2D eigenvalue weighted by atomic mass is 16.6. The number of benzene rings is 1. The third-order valence-electron chi connectivity index (χ3n) is 2.02. The number of ether oxygens (including phenoxy) is 1. The van der Waals surface area contributed by atoms with Gasteiger partial charge in [-0.3, -0.25) is 10.1 Å². The molecule has 6 nitrogen and oxygen atoms in total. The van der Waals surface area contributed by atoms with Gasteiger partial charge in [0.25, 0.3) is 5.69 Å². The van der Waals surface area contributed by atoms with E-state index in [1.54, 1.807) is 6.92 Å². The smallest absolute Gasteiger partial charge is 0.342 e. The maximum Gasteiger partial charge on any atom is 0.342 e. The van der Waals surface area contributed by atoms with Gasteiger partial charge in [-0.15, -0.1) is 0 Å². The van der Waals surface area contributed by atoms with Crippen LogP contribution in [0.1, 0.15) is 12.5 Å². The van der Waals surface area contributed by atoms with Gasteiger partial charge in [-0.1, -0.05) is 12.1 Å². The first-order valence-electron chi connectivity index (χ1n) is 4.87. The molecule has 1 N–H and O–H groups in total. The highest BCUT2D eigenvalue weighted by molar-refractivity contribution is 6.17. The number of esters is 1. The zero-order valence-corrected chi connectivity index (χ0v) is 9.12. The predicted octanol–water partition coefficient (Wildman–Crippen LogP) is 2.06. The van der Waals surface area contributed by atoms with Crippen molar-refractivity contribution in [3.8, 4) is 0 Å². The summed E-state index contributed by atoms with van der Waals surface area (Å²) in [5.41, 5.74) is -0.474. The highest BCUT2D eigenvalue weighted by Crippen LogP contribution is 2.26. The lowest BCUT2D eigenvalue weighted by Crippen LogP contribution is -2.08. The van der Waals surface area contributed by atoms with E-state index in [4.69, 9.17) is 9.84 Å². The minimum absolute atomic E-state index is 0.0263. The second kappa shape index (κ2) is 5.64. The fraction of sp³-hybridized carbons (Fsp3) is 0.182. The molecule has 0 radical (unpaired) electrons. The van der Waals surface area contributed by atoms with Gasteiger partial charge >= 0.3 is 5.97 Å². The molecule has 0 fully saturated rings. The lowest BCUT2D eigenvalue weighted by Gasteiger charge is -2.06. The Morgan fingerprint density at radius 1 is 1.53 bits per heavy atom. The standard InChI is InChI=1S/C11H11NO5/c1-2-17-11(14)9(7-13)8-5-3-4-6-10(8)12(15)16/h3-7,13H,2H2,1H3. The monoisotopic (exact) mass is 237 g/mol. The maximum absolute atomic E-state index is 11.5. The molecular weight excluding hydrogens is 226 g/mol. The molecule has 1 aromatic rings. The highest BCUT2D eigenvalue weighted by Gasteiger charge is 2.22. The Labute approximate surface area is 97.3 Å². The fourth-order valence-corrected chi connectivity index (χ4v) is 1.30. The number of rotatable bonds is 4. The molecule has 0 spiro atoms. The Bertz CT molecular complexity index is 467. The molecule has 17 heavy (non-hydrogen) atoms. The van der Waals surface area contributed by atoms with Crippen LogP contribution in [0.5, 0.6) is 0 Å². The SMILES string of the molecule is CCOC(=O)C(=CO)c1ccccc1[N+](=O)[O-]. The number of aliphatic hydroxyl groups is 1. The number of hydrogen-bond donors (Lipinski definition) is 1.